The van der Waals surface area contributed by atoms with Crippen LogP contribution in [0.15, 0.2) is 35.5 Å². The van der Waals surface area contributed by atoms with Gasteiger partial charge in [0, 0.05) is 0 Å². The van der Waals surface area contributed by atoms with Gasteiger partial charge in [-0.3, -0.25) is 12.2 Å². The van der Waals surface area contributed by atoms with Crippen LogP contribution in [-0.2, 0) is 0 Å². The van der Waals surface area contributed by atoms with Gasteiger partial charge in [-0.2, -0.15) is 12.2 Å². The minimum Gasteiger partial charge on any atom is -0.253 e. The van der Waals surface area contributed by atoms with Crippen molar-refractivity contribution in [1.29, 1.82) is 0 Å². The Morgan fingerprint density at radius 2 is 1.31 bits per heavy atom. The molecule has 0 aromatic rings. The summed E-state index contributed by atoms with van der Waals surface area (Å²) in [6.07, 6.45) is 16.7. The summed E-state index contributed by atoms with van der Waals surface area (Å²) in [5.74, 6) is 0. The Morgan fingerprint density at radius 1 is 0.923 bits per heavy atom. The fourth-order valence-electron chi connectivity index (χ4n) is 1.03. The first-order valence-electron chi connectivity index (χ1n) is 4.29. The molecular formula is C12H14Mg. The molecule has 0 aromatic carbocycles. The standard InChI is InChI=1S/2C6H7.Mg/c2*1-6-4-2-3-5-6;/h2*2,5H,3H2,1H3;/q2*-1;+2. The van der Waals surface area contributed by atoms with E-state index in [4.69, 9.17) is 0 Å². The van der Waals surface area contributed by atoms with E-state index in [0.717, 1.165) is 12.8 Å². The second kappa shape index (κ2) is 7.16. The predicted octanol–water partition coefficient (Wildman–Crippen LogP) is 3.01. The molecule has 64 valence electrons. The van der Waals surface area contributed by atoms with Gasteiger partial charge in [-0.1, -0.05) is 13.8 Å². The van der Waals surface area contributed by atoms with Crippen LogP contribution in [0.3, 0.4) is 0 Å². The summed E-state index contributed by atoms with van der Waals surface area (Å²) in [4.78, 5) is 0. The Balaban J connectivity index is 0.000000206. The molecule has 0 amide bonds. The van der Waals surface area contributed by atoms with Crippen molar-refractivity contribution in [3.05, 3.63) is 47.6 Å². The van der Waals surface area contributed by atoms with Gasteiger partial charge in [0.1, 0.15) is 0 Å². The minimum absolute atomic E-state index is 0. The molecule has 0 N–H and O–H groups in total. The Hall–Kier alpha value is -0.274. The van der Waals surface area contributed by atoms with Gasteiger partial charge < -0.3 is 0 Å². The molecule has 0 radical (unpaired) electrons. The first kappa shape index (κ1) is 12.7. The summed E-state index contributed by atoms with van der Waals surface area (Å²) in [7, 11) is 0. The molecule has 0 spiro atoms. The van der Waals surface area contributed by atoms with Crippen LogP contribution in [0, 0.1) is 12.2 Å². The van der Waals surface area contributed by atoms with Crippen molar-refractivity contribution in [2.24, 2.45) is 0 Å². The average Bonchev–Trinajstić information content (AvgIpc) is 2.63. The van der Waals surface area contributed by atoms with Gasteiger partial charge in [-0.25, -0.2) is 23.3 Å². The summed E-state index contributed by atoms with van der Waals surface area (Å²) in [5, 5.41) is 0. The van der Waals surface area contributed by atoms with E-state index in [0.29, 0.717) is 0 Å². The fraction of sp³-hybridized carbons (Fsp3) is 0.333. The quantitative estimate of drug-likeness (QED) is 0.399. The largest absolute Gasteiger partial charge is 2.00 e. The normalized spacial score (nSPS) is 17.1. The molecule has 0 saturated heterocycles. The van der Waals surface area contributed by atoms with Gasteiger partial charge in [-0.05, 0) is 0 Å². The molecule has 0 bridgehead atoms. The summed E-state index contributed by atoms with van der Waals surface area (Å²) in [6, 6.07) is 0. The van der Waals surface area contributed by atoms with Crippen molar-refractivity contribution in [2.45, 2.75) is 26.7 Å². The van der Waals surface area contributed by atoms with Crippen LogP contribution >= 0.6 is 0 Å². The minimum atomic E-state index is 0. The Bertz CT molecular complexity index is 221. The van der Waals surface area contributed by atoms with Crippen LogP contribution in [0.5, 0.6) is 0 Å². The molecule has 2 rings (SSSR count). The third-order valence-electron chi connectivity index (χ3n) is 1.74. The zero-order valence-corrected chi connectivity index (χ0v) is 9.84. The molecule has 0 heterocycles. The molecule has 0 fully saturated rings. The van der Waals surface area contributed by atoms with E-state index >= 15 is 0 Å². The second-order valence-electron chi connectivity index (χ2n) is 2.94. The van der Waals surface area contributed by atoms with Gasteiger partial charge >= 0.3 is 23.1 Å². The van der Waals surface area contributed by atoms with Crippen LogP contribution in [0.2, 0.25) is 0 Å². The second-order valence-corrected chi connectivity index (χ2v) is 2.94. The van der Waals surface area contributed by atoms with Gasteiger partial charge in [-0.15, -0.1) is 12.8 Å². The van der Waals surface area contributed by atoms with E-state index in [-0.39, 0.29) is 23.1 Å². The molecule has 2 aliphatic carbocycles. The smallest absolute Gasteiger partial charge is 0.253 e. The first-order chi connectivity index (χ1) is 5.79. The maximum absolute atomic E-state index is 3.06. The molecule has 2 aliphatic rings. The molecule has 0 atom stereocenters. The van der Waals surface area contributed by atoms with Crippen molar-refractivity contribution >= 4 is 23.1 Å². The SMILES string of the molecule is CC1=CCC=[C-]1.CC1=CCC=[C-]1.[Mg+2]. The third-order valence-corrected chi connectivity index (χ3v) is 1.74. The van der Waals surface area contributed by atoms with Crippen LogP contribution in [0.25, 0.3) is 0 Å². The van der Waals surface area contributed by atoms with Crippen LogP contribution in [0.4, 0.5) is 0 Å². The van der Waals surface area contributed by atoms with Crippen LogP contribution < -0.4 is 0 Å². The summed E-state index contributed by atoms with van der Waals surface area (Å²) in [5.41, 5.74) is 2.55. The van der Waals surface area contributed by atoms with E-state index in [1.54, 1.807) is 0 Å². The van der Waals surface area contributed by atoms with Crippen LogP contribution in [-0.4, -0.2) is 23.1 Å². The number of hydrogen-bond acceptors (Lipinski definition) is 0. The van der Waals surface area contributed by atoms with Gasteiger partial charge in [0.25, 0.3) is 0 Å². The topological polar surface area (TPSA) is 0 Å². The summed E-state index contributed by atoms with van der Waals surface area (Å²) < 4.78 is 0. The van der Waals surface area contributed by atoms with E-state index in [1.165, 1.54) is 11.1 Å². The predicted molar refractivity (Wildman–Crippen MR) is 58.1 cm³/mol. The number of rotatable bonds is 0. The Labute approximate surface area is 97.3 Å². The van der Waals surface area contributed by atoms with Gasteiger partial charge in [0.15, 0.2) is 0 Å². The molecule has 0 saturated carbocycles. The molecule has 0 nitrogen and oxygen atoms in total. The van der Waals surface area contributed by atoms with Crippen molar-refractivity contribution in [3.63, 3.8) is 0 Å². The van der Waals surface area contributed by atoms with Crippen molar-refractivity contribution in [3.8, 4) is 0 Å². The van der Waals surface area contributed by atoms with Crippen molar-refractivity contribution in [1.82, 2.24) is 0 Å². The zero-order valence-electron chi connectivity index (χ0n) is 8.43. The fourth-order valence-corrected chi connectivity index (χ4v) is 1.03. The van der Waals surface area contributed by atoms with Crippen molar-refractivity contribution < 1.29 is 0 Å². The monoisotopic (exact) mass is 182 g/mol. The molecular weight excluding hydrogens is 168 g/mol. The maximum Gasteiger partial charge on any atom is 2.00 e. The van der Waals surface area contributed by atoms with E-state index in [9.17, 15) is 0 Å². The molecule has 0 aliphatic heterocycles. The Morgan fingerprint density at radius 3 is 1.38 bits per heavy atom. The molecule has 0 unspecified atom stereocenters. The number of allylic oxidation sites excluding steroid dienone is 8. The zero-order chi connectivity index (χ0) is 8.81. The molecule has 1 heteroatoms. The van der Waals surface area contributed by atoms with E-state index in [1.807, 2.05) is 12.2 Å². The van der Waals surface area contributed by atoms with Gasteiger partial charge in [0.05, 0.1) is 0 Å². The van der Waals surface area contributed by atoms with Gasteiger partial charge in [0.2, 0.25) is 0 Å². The first-order valence-corrected chi connectivity index (χ1v) is 4.29. The molecule has 13 heavy (non-hydrogen) atoms. The Kier molecular flexibility index (Phi) is 7.01. The maximum atomic E-state index is 3.06. The van der Waals surface area contributed by atoms with E-state index in [2.05, 4.69) is 38.2 Å². The van der Waals surface area contributed by atoms with E-state index < -0.39 is 0 Å². The summed E-state index contributed by atoms with van der Waals surface area (Å²) in [6.45, 7) is 4.12. The van der Waals surface area contributed by atoms with Crippen molar-refractivity contribution in [2.75, 3.05) is 0 Å². The third kappa shape index (κ3) is 5.89. The summed E-state index contributed by atoms with van der Waals surface area (Å²) >= 11 is 0. The average molecular weight is 183 g/mol. The number of hydrogen-bond donors (Lipinski definition) is 0. The van der Waals surface area contributed by atoms with Crippen LogP contribution in [0.1, 0.15) is 26.7 Å². The molecule has 0 aromatic heterocycles.